The molecule has 4 nitrogen and oxygen atoms in total. The molecule has 1 N–H and O–H groups in total. The van der Waals surface area contributed by atoms with Gasteiger partial charge in [-0.05, 0) is 51.7 Å². The number of methoxy groups -OCH3 is 1. The van der Waals surface area contributed by atoms with Crippen LogP contribution in [-0.4, -0.2) is 18.7 Å². The summed E-state index contributed by atoms with van der Waals surface area (Å²) in [4.78, 5) is 11.7. The lowest BCUT2D eigenvalue weighted by atomic mass is 9.82. The number of fused-ring (bicyclic) bond motifs is 1. The van der Waals surface area contributed by atoms with Crippen LogP contribution in [0.3, 0.4) is 0 Å². The summed E-state index contributed by atoms with van der Waals surface area (Å²) in [6.07, 6.45) is 6.48. The second-order valence-electron chi connectivity index (χ2n) is 6.12. The molecule has 4 heteroatoms. The molecule has 1 aliphatic heterocycles. The number of hydrogen-bond acceptors (Lipinski definition) is 4. The van der Waals surface area contributed by atoms with E-state index in [-0.39, 0.29) is 11.6 Å². The van der Waals surface area contributed by atoms with E-state index in [0.29, 0.717) is 11.6 Å². The molecule has 2 rings (SSSR count). The summed E-state index contributed by atoms with van der Waals surface area (Å²) in [6.45, 7) is 6.03. The number of hydrogen-bond donors (Lipinski definition) is 1. The summed E-state index contributed by atoms with van der Waals surface area (Å²) in [7, 11) is 1.40. The molecule has 0 aromatic rings. The molecule has 1 atom stereocenters. The number of nitrogens with one attached hydrogen (secondary N) is 1. The maximum absolute atomic E-state index is 11.7. The Morgan fingerprint density at radius 1 is 1.37 bits per heavy atom. The Labute approximate surface area is 114 Å². The number of ether oxygens (including phenoxy) is 2. The molecule has 0 spiro atoms. The topological polar surface area (TPSA) is 47.6 Å². The van der Waals surface area contributed by atoms with E-state index in [0.717, 1.165) is 18.7 Å². The van der Waals surface area contributed by atoms with E-state index in [1.165, 1.54) is 25.5 Å². The lowest BCUT2D eigenvalue weighted by Crippen LogP contribution is -2.34. The van der Waals surface area contributed by atoms with Gasteiger partial charge in [0.05, 0.1) is 7.11 Å². The summed E-state index contributed by atoms with van der Waals surface area (Å²) in [6, 6.07) is 0. The monoisotopic (exact) mass is 265 g/mol. The van der Waals surface area contributed by atoms with E-state index in [2.05, 4.69) is 5.32 Å². The molecule has 2 aliphatic rings. The summed E-state index contributed by atoms with van der Waals surface area (Å²) in [5, 5.41) is 3.10. The Balaban J connectivity index is 2.27. The van der Waals surface area contributed by atoms with Gasteiger partial charge in [0.25, 0.3) is 0 Å². The van der Waals surface area contributed by atoms with Crippen molar-refractivity contribution < 1.29 is 14.3 Å². The molecule has 0 bridgehead atoms. The molecule has 0 radical (unpaired) electrons. The Morgan fingerprint density at radius 2 is 2.11 bits per heavy atom. The van der Waals surface area contributed by atoms with Crippen molar-refractivity contribution in [3.8, 4) is 0 Å². The first-order chi connectivity index (χ1) is 8.90. The van der Waals surface area contributed by atoms with Crippen molar-refractivity contribution in [1.82, 2.24) is 5.32 Å². The van der Waals surface area contributed by atoms with Crippen LogP contribution in [0.15, 0.2) is 23.2 Å². The lowest BCUT2D eigenvalue weighted by Gasteiger charge is -2.34. The average molecular weight is 265 g/mol. The van der Waals surface area contributed by atoms with Crippen molar-refractivity contribution in [3.63, 3.8) is 0 Å². The molecule has 1 saturated carbocycles. The average Bonchev–Trinajstić information content (AvgIpc) is 2.36. The van der Waals surface area contributed by atoms with E-state index in [1.54, 1.807) is 0 Å². The van der Waals surface area contributed by atoms with Crippen LogP contribution in [0.4, 0.5) is 0 Å². The SMILES string of the molecule is COC(=O)C1=CC2CCCCC2=C(OC(C)(C)C)N1. The molecule has 1 heterocycles. The highest BCUT2D eigenvalue weighted by Crippen LogP contribution is 2.36. The van der Waals surface area contributed by atoms with Gasteiger partial charge in [0, 0.05) is 5.92 Å². The third-order valence-electron chi connectivity index (χ3n) is 3.38. The normalized spacial score (nSPS) is 23.2. The van der Waals surface area contributed by atoms with E-state index < -0.39 is 0 Å². The molecule has 19 heavy (non-hydrogen) atoms. The summed E-state index contributed by atoms with van der Waals surface area (Å²) in [5.41, 5.74) is 1.50. The molecule has 0 amide bonds. The predicted octanol–water partition coefficient (Wildman–Crippen LogP) is 2.86. The molecule has 1 unspecified atom stereocenters. The first-order valence-electron chi connectivity index (χ1n) is 6.90. The van der Waals surface area contributed by atoms with Crippen molar-refractivity contribution in [2.24, 2.45) is 5.92 Å². The zero-order chi connectivity index (χ0) is 14.0. The molecule has 0 saturated heterocycles. The Kier molecular flexibility index (Phi) is 3.88. The van der Waals surface area contributed by atoms with Crippen molar-refractivity contribution in [3.05, 3.63) is 23.2 Å². The van der Waals surface area contributed by atoms with Gasteiger partial charge >= 0.3 is 5.97 Å². The third-order valence-corrected chi connectivity index (χ3v) is 3.38. The van der Waals surface area contributed by atoms with Crippen molar-refractivity contribution in [2.45, 2.75) is 52.1 Å². The van der Waals surface area contributed by atoms with Crippen LogP contribution in [0.1, 0.15) is 46.5 Å². The van der Waals surface area contributed by atoms with Gasteiger partial charge in [0.2, 0.25) is 0 Å². The van der Waals surface area contributed by atoms with Gasteiger partial charge in [-0.3, -0.25) is 0 Å². The number of allylic oxidation sites excluding steroid dienone is 2. The fourth-order valence-corrected chi connectivity index (χ4v) is 2.58. The van der Waals surface area contributed by atoms with Crippen LogP contribution in [0.5, 0.6) is 0 Å². The first-order valence-corrected chi connectivity index (χ1v) is 6.90. The van der Waals surface area contributed by atoms with Crippen molar-refractivity contribution >= 4 is 5.97 Å². The molecular formula is C15H23NO3. The smallest absolute Gasteiger partial charge is 0.354 e. The minimum atomic E-state index is -0.334. The van der Waals surface area contributed by atoms with Crippen LogP contribution in [0.2, 0.25) is 0 Å². The van der Waals surface area contributed by atoms with E-state index >= 15 is 0 Å². The van der Waals surface area contributed by atoms with Crippen LogP contribution >= 0.6 is 0 Å². The lowest BCUT2D eigenvalue weighted by molar-refractivity contribution is -0.136. The molecule has 106 valence electrons. The fourth-order valence-electron chi connectivity index (χ4n) is 2.58. The van der Waals surface area contributed by atoms with Crippen LogP contribution < -0.4 is 5.32 Å². The Hall–Kier alpha value is -1.45. The minimum absolute atomic E-state index is 0.282. The quantitative estimate of drug-likeness (QED) is 0.780. The van der Waals surface area contributed by atoms with Crippen LogP contribution in [0.25, 0.3) is 0 Å². The van der Waals surface area contributed by atoms with Gasteiger partial charge in [-0.25, -0.2) is 4.79 Å². The molecule has 1 fully saturated rings. The number of dihydropyridines is 1. The fraction of sp³-hybridized carbons (Fsp3) is 0.667. The van der Waals surface area contributed by atoms with Crippen molar-refractivity contribution in [2.75, 3.05) is 7.11 Å². The molecule has 1 aliphatic carbocycles. The maximum Gasteiger partial charge on any atom is 0.354 e. The van der Waals surface area contributed by atoms with Gasteiger partial charge in [0.15, 0.2) is 5.88 Å². The number of rotatable bonds is 2. The molecular weight excluding hydrogens is 242 g/mol. The maximum atomic E-state index is 11.7. The standard InChI is InChI=1S/C15H23NO3/c1-15(2,3)19-13-11-8-6-5-7-10(11)9-12(16-13)14(17)18-4/h9-10,16H,5-8H2,1-4H3. The van der Waals surface area contributed by atoms with E-state index in [1.807, 2.05) is 26.8 Å². The number of carbonyl (C=O) groups is 1. The molecule has 0 aromatic carbocycles. The van der Waals surface area contributed by atoms with Gasteiger partial charge in [0.1, 0.15) is 11.3 Å². The Bertz CT molecular complexity index is 429. The zero-order valence-corrected chi connectivity index (χ0v) is 12.2. The molecule has 0 aromatic heterocycles. The van der Waals surface area contributed by atoms with Crippen molar-refractivity contribution in [1.29, 1.82) is 0 Å². The summed E-state index contributed by atoms with van der Waals surface area (Å²) < 4.78 is 10.8. The first kappa shape index (κ1) is 14.0. The largest absolute Gasteiger partial charge is 0.473 e. The number of carbonyl (C=O) groups excluding carboxylic acids is 1. The number of esters is 1. The predicted molar refractivity (Wildman–Crippen MR) is 73.1 cm³/mol. The third kappa shape index (κ3) is 3.31. The van der Waals surface area contributed by atoms with Crippen LogP contribution in [-0.2, 0) is 14.3 Å². The van der Waals surface area contributed by atoms with Gasteiger partial charge in [-0.2, -0.15) is 0 Å². The summed E-state index contributed by atoms with van der Waals surface area (Å²) >= 11 is 0. The zero-order valence-electron chi connectivity index (χ0n) is 12.2. The van der Waals surface area contributed by atoms with Gasteiger partial charge < -0.3 is 14.8 Å². The highest BCUT2D eigenvalue weighted by atomic mass is 16.5. The highest BCUT2D eigenvalue weighted by molar-refractivity contribution is 5.88. The Morgan fingerprint density at radius 3 is 2.74 bits per heavy atom. The second-order valence-corrected chi connectivity index (χ2v) is 6.12. The summed E-state index contributed by atoms with van der Waals surface area (Å²) in [5.74, 6) is 0.723. The second kappa shape index (κ2) is 5.27. The van der Waals surface area contributed by atoms with Gasteiger partial charge in [-0.15, -0.1) is 0 Å². The van der Waals surface area contributed by atoms with Gasteiger partial charge in [-0.1, -0.05) is 6.42 Å². The minimum Gasteiger partial charge on any atom is -0.473 e. The van der Waals surface area contributed by atoms with E-state index in [4.69, 9.17) is 9.47 Å². The van der Waals surface area contributed by atoms with E-state index in [9.17, 15) is 4.79 Å². The highest BCUT2D eigenvalue weighted by Gasteiger charge is 2.30. The van der Waals surface area contributed by atoms with Crippen LogP contribution in [0, 0.1) is 5.92 Å².